The molecule has 0 unspecified atom stereocenters. The molecule has 0 aliphatic heterocycles. The normalized spacial score (nSPS) is 9.62. The zero-order valence-electron chi connectivity index (χ0n) is 4.30. The maximum atomic E-state index is 11.4. The monoisotopic (exact) mass is 131 g/mol. The molecule has 44 valence electrons. The molecule has 0 saturated carbocycles. The van der Waals surface area contributed by atoms with E-state index in [0.29, 0.717) is 0 Å². The molecule has 0 atom stereocenters. The summed E-state index contributed by atoms with van der Waals surface area (Å²) in [6, 6.07) is 0. The highest BCUT2D eigenvalue weighted by Gasteiger charge is 1.83. The molecule has 0 aromatic carbocycles. The summed E-state index contributed by atoms with van der Waals surface area (Å²) in [6.07, 6.45) is 2.62. The highest BCUT2D eigenvalue weighted by atomic mass is 32.2. The van der Waals surface area contributed by atoms with E-state index in [2.05, 4.69) is 18.2 Å². The van der Waals surface area contributed by atoms with Gasteiger partial charge < -0.3 is 0 Å². The van der Waals surface area contributed by atoms with E-state index in [0.717, 1.165) is 0 Å². The summed E-state index contributed by atoms with van der Waals surface area (Å²) in [4.78, 5) is 3.80. The molecule has 3 heteroatoms. The van der Waals surface area contributed by atoms with Crippen LogP contribution in [0.25, 0.3) is 0 Å². The summed E-state index contributed by atoms with van der Waals surface area (Å²) in [5, 5.41) is 0. The van der Waals surface area contributed by atoms with Crippen LogP contribution in [0.3, 0.4) is 0 Å². The van der Waals surface area contributed by atoms with E-state index in [1.54, 1.807) is 0 Å². The summed E-state index contributed by atoms with van der Waals surface area (Å²) in [5.41, 5.74) is 0. The summed E-state index contributed by atoms with van der Waals surface area (Å²) in [6.45, 7) is 6.60. The second kappa shape index (κ2) is 4.59. The van der Waals surface area contributed by atoms with Gasteiger partial charge in [0.05, 0.1) is 17.1 Å². The third kappa shape index (κ3) is 3.61. The molecule has 1 nitrogen and oxygen atoms in total. The molecular formula is C5H6FNS. The number of nitrogens with zero attached hydrogens (tertiary/aromatic N) is 1. The second-order valence-corrected chi connectivity index (χ2v) is 1.68. The summed E-state index contributed by atoms with van der Waals surface area (Å²) in [7, 11) is 0. The van der Waals surface area contributed by atoms with E-state index in [4.69, 9.17) is 0 Å². The third-order valence-corrected chi connectivity index (χ3v) is 0.727. The summed E-state index contributed by atoms with van der Waals surface area (Å²) < 4.78 is 11.4. The van der Waals surface area contributed by atoms with Crippen molar-refractivity contribution in [2.45, 2.75) is 0 Å². The number of halogens is 1. The van der Waals surface area contributed by atoms with Crippen molar-refractivity contribution in [2.75, 3.05) is 0 Å². The average molecular weight is 131 g/mol. The molecule has 0 aliphatic rings. The zero-order valence-corrected chi connectivity index (χ0v) is 5.12. The van der Waals surface area contributed by atoms with Crippen LogP contribution in [-0.4, -0.2) is 6.21 Å². The van der Waals surface area contributed by atoms with E-state index in [1.807, 2.05) is 0 Å². The third-order valence-electron chi connectivity index (χ3n) is 0.423. The Labute approximate surface area is 52.3 Å². The summed E-state index contributed by atoms with van der Waals surface area (Å²) in [5.74, 6) is 0. The fourth-order valence-electron chi connectivity index (χ4n) is 0.156. The first kappa shape index (κ1) is 7.43. The number of hydrogen-bond acceptors (Lipinski definition) is 2. The first-order chi connectivity index (χ1) is 3.81. The second-order valence-electron chi connectivity index (χ2n) is 1.00. The van der Waals surface area contributed by atoms with Gasteiger partial charge in [0.2, 0.25) is 0 Å². The lowest BCUT2D eigenvalue weighted by Gasteiger charge is -1.80. The minimum atomic E-state index is 0.0732. The van der Waals surface area contributed by atoms with E-state index in [9.17, 15) is 3.89 Å². The van der Waals surface area contributed by atoms with Gasteiger partial charge in [-0.05, 0) is 0 Å². The molecule has 0 rings (SSSR count). The van der Waals surface area contributed by atoms with Crippen LogP contribution in [0.5, 0.6) is 0 Å². The van der Waals surface area contributed by atoms with Gasteiger partial charge in [0.15, 0.2) is 0 Å². The van der Waals surface area contributed by atoms with Crippen molar-refractivity contribution in [1.82, 2.24) is 0 Å². The molecule has 0 saturated heterocycles. The van der Waals surface area contributed by atoms with Crippen LogP contribution >= 0.6 is 12.1 Å². The predicted octanol–water partition coefficient (Wildman–Crippen LogP) is 2.33. The highest BCUT2D eigenvalue weighted by Crippen LogP contribution is 2.10. The highest BCUT2D eigenvalue weighted by molar-refractivity contribution is 7.99. The Hall–Kier alpha value is -0.570. The van der Waals surface area contributed by atoms with Crippen molar-refractivity contribution in [1.29, 1.82) is 0 Å². The molecule has 0 bridgehead atoms. The van der Waals surface area contributed by atoms with E-state index in [-0.39, 0.29) is 17.1 Å². The molecule has 0 radical (unpaired) electrons. The molecule has 0 aromatic heterocycles. The Bertz CT molecular complexity index is 120. The van der Waals surface area contributed by atoms with Gasteiger partial charge in [-0.2, -0.15) is 3.89 Å². The van der Waals surface area contributed by atoms with Gasteiger partial charge in [0.25, 0.3) is 0 Å². The lowest BCUT2D eigenvalue weighted by Crippen LogP contribution is -1.67. The van der Waals surface area contributed by atoms with E-state index < -0.39 is 0 Å². The first-order valence-electron chi connectivity index (χ1n) is 1.93. The predicted molar refractivity (Wildman–Crippen MR) is 36.5 cm³/mol. The van der Waals surface area contributed by atoms with Crippen molar-refractivity contribution >= 4 is 18.4 Å². The molecule has 8 heavy (non-hydrogen) atoms. The van der Waals surface area contributed by atoms with Crippen LogP contribution in [0.1, 0.15) is 0 Å². The van der Waals surface area contributed by atoms with Crippen molar-refractivity contribution in [3.05, 3.63) is 24.3 Å². The SMILES string of the molecule is C=CN=CC(=C)SF. The Morgan fingerprint density at radius 2 is 2.38 bits per heavy atom. The quantitative estimate of drug-likeness (QED) is 0.535. The summed E-state index contributed by atoms with van der Waals surface area (Å²) >= 11 is 0.0732. The van der Waals surface area contributed by atoms with Crippen molar-refractivity contribution < 1.29 is 3.89 Å². The molecule has 0 aliphatic carbocycles. The van der Waals surface area contributed by atoms with Crippen LogP contribution in [0.4, 0.5) is 3.89 Å². The minimum absolute atomic E-state index is 0.0732. The van der Waals surface area contributed by atoms with Crippen molar-refractivity contribution in [2.24, 2.45) is 4.99 Å². The zero-order chi connectivity index (χ0) is 6.41. The Kier molecular flexibility index (Phi) is 4.26. The first-order valence-corrected chi connectivity index (χ1v) is 2.64. The molecule has 0 fully saturated rings. The van der Waals surface area contributed by atoms with E-state index in [1.165, 1.54) is 12.4 Å². The molecule has 0 aromatic rings. The molecule has 0 spiro atoms. The number of allylic oxidation sites excluding steroid dienone is 1. The van der Waals surface area contributed by atoms with Crippen LogP contribution in [0, 0.1) is 0 Å². The maximum absolute atomic E-state index is 11.4. The maximum Gasteiger partial charge on any atom is 0.0822 e. The topological polar surface area (TPSA) is 12.4 Å². The smallest absolute Gasteiger partial charge is 0.0822 e. The van der Waals surface area contributed by atoms with Gasteiger partial charge >= 0.3 is 0 Å². The van der Waals surface area contributed by atoms with Gasteiger partial charge in [-0.25, -0.2) is 0 Å². The Balaban J connectivity index is 3.52. The van der Waals surface area contributed by atoms with Crippen LogP contribution < -0.4 is 0 Å². The number of hydrogen-bond donors (Lipinski definition) is 0. The minimum Gasteiger partial charge on any atom is -0.264 e. The van der Waals surface area contributed by atoms with Gasteiger partial charge in [-0.15, -0.1) is 0 Å². The van der Waals surface area contributed by atoms with Crippen LogP contribution in [-0.2, 0) is 0 Å². The Morgan fingerprint density at radius 3 is 2.75 bits per heavy atom. The average Bonchev–Trinajstić information content (AvgIpc) is 1.83. The fraction of sp³-hybridized carbons (Fsp3) is 0. The van der Waals surface area contributed by atoms with Gasteiger partial charge in [-0.1, -0.05) is 13.2 Å². The number of aliphatic imine (C=N–C) groups is 1. The largest absolute Gasteiger partial charge is 0.264 e. The molecule has 0 amide bonds. The molecular weight excluding hydrogens is 125 g/mol. The van der Waals surface area contributed by atoms with E-state index >= 15 is 0 Å². The lowest BCUT2D eigenvalue weighted by molar-refractivity contribution is 0.946. The van der Waals surface area contributed by atoms with Crippen LogP contribution in [0.15, 0.2) is 29.3 Å². The van der Waals surface area contributed by atoms with Crippen molar-refractivity contribution in [3.8, 4) is 0 Å². The van der Waals surface area contributed by atoms with Crippen molar-refractivity contribution in [3.63, 3.8) is 0 Å². The Morgan fingerprint density at radius 1 is 1.75 bits per heavy atom. The van der Waals surface area contributed by atoms with Gasteiger partial charge in [0.1, 0.15) is 0 Å². The van der Waals surface area contributed by atoms with Gasteiger partial charge in [0, 0.05) is 12.4 Å². The standard InChI is InChI=1S/C5H6FNS/c1-3-7-4-5(2)8-6/h3-4H,1-2H2. The van der Waals surface area contributed by atoms with Crippen LogP contribution in [0.2, 0.25) is 0 Å². The number of rotatable bonds is 3. The molecule has 0 N–H and O–H groups in total. The van der Waals surface area contributed by atoms with Gasteiger partial charge in [-0.3, -0.25) is 4.99 Å². The molecule has 0 heterocycles. The fourth-order valence-corrected chi connectivity index (χ4v) is 0.256. The lowest BCUT2D eigenvalue weighted by atomic mass is 10.7.